The highest BCUT2D eigenvalue weighted by Crippen LogP contribution is 2.25. The number of ether oxygens (including phenoxy) is 1. The molecule has 0 fully saturated rings. The van der Waals surface area contributed by atoms with Gasteiger partial charge in [0.2, 0.25) is 5.82 Å². The Morgan fingerprint density at radius 2 is 1.83 bits per heavy atom. The quantitative estimate of drug-likeness (QED) is 0.450. The first kappa shape index (κ1) is 18.9. The predicted octanol–water partition coefficient (Wildman–Crippen LogP) is 4.55. The van der Waals surface area contributed by atoms with Crippen molar-refractivity contribution < 1.29 is 14.1 Å². The summed E-state index contributed by atoms with van der Waals surface area (Å²) < 4.78 is 12.3. The molecule has 0 radical (unpaired) electrons. The largest absolute Gasteiger partial charge is 0.452 e. The van der Waals surface area contributed by atoms with Crippen LogP contribution in [0.5, 0.6) is 0 Å². The van der Waals surface area contributed by atoms with Crippen LogP contribution < -0.4 is 0 Å². The maximum Gasteiger partial charge on any atom is 0.342 e. The predicted molar refractivity (Wildman–Crippen MR) is 107 cm³/mol. The Hall–Kier alpha value is -3.45. The number of hydrogen-bond donors (Lipinski definition) is 0. The Kier molecular flexibility index (Phi) is 5.14. The maximum atomic E-state index is 12.6. The summed E-state index contributed by atoms with van der Waals surface area (Å²) in [5, 5.41) is 8.87. The average Bonchev–Trinajstić information content (AvgIpc) is 3.31. The fourth-order valence-electron chi connectivity index (χ4n) is 3.02. The second kappa shape index (κ2) is 7.89. The summed E-state index contributed by atoms with van der Waals surface area (Å²) in [7, 11) is 0. The van der Waals surface area contributed by atoms with Gasteiger partial charge in [-0.25, -0.2) is 9.48 Å². The van der Waals surface area contributed by atoms with E-state index in [2.05, 4.69) is 15.2 Å². The standard InChI is InChI=1S/C21H17ClN4O3/c1-13-19(14(2)26(24-13)15-8-4-3-5-9-15)21(27)28-12-18-23-20(25-29-18)16-10-6-7-11-17(16)22/h3-11H,12H2,1-2H3. The summed E-state index contributed by atoms with van der Waals surface area (Å²) in [4.78, 5) is 16.9. The van der Waals surface area contributed by atoms with E-state index in [0.29, 0.717) is 33.4 Å². The molecule has 0 saturated carbocycles. The molecule has 0 atom stereocenters. The van der Waals surface area contributed by atoms with Gasteiger partial charge in [0.1, 0.15) is 5.56 Å². The fourth-order valence-corrected chi connectivity index (χ4v) is 3.24. The second-order valence-electron chi connectivity index (χ2n) is 6.36. The van der Waals surface area contributed by atoms with Crippen molar-refractivity contribution in [3.05, 3.63) is 82.5 Å². The number of carbonyl (C=O) groups is 1. The zero-order valence-corrected chi connectivity index (χ0v) is 16.6. The van der Waals surface area contributed by atoms with Crippen LogP contribution in [-0.2, 0) is 11.3 Å². The van der Waals surface area contributed by atoms with E-state index in [1.54, 1.807) is 23.7 Å². The van der Waals surface area contributed by atoms with Crippen LogP contribution in [0, 0.1) is 13.8 Å². The molecule has 8 heteroatoms. The first-order valence-corrected chi connectivity index (χ1v) is 9.28. The zero-order valence-electron chi connectivity index (χ0n) is 15.8. The monoisotopic (exact) mass is 408 g/mol. The van der Waals surface area contributed by atoms with E-state index in [1.165, 1.54) is 0 Å². The number of para-hydroxylation sites is 1. The molecule has 0 aliphatic rings. The third-order valence-electron chi connectivity index (χ3n) is 4.41. The molecule has 0 saturated heterocycles. The number of rotatable bonds is 5. The van der Waals surface area contributed by atoms with Gasteiger partial charge in [0.25, 0.3) is 5.89 Å². The van der Waals surface area contributed by atoms with Crippen molar-refractivity contribution in [3.63, 3.8) is 0 Å². The maximum absolute atomic E-state index is 12.6. The SMILES string of the molecule is Cc1nn(-c2ccccc2)c(C)c1C(=O)OCc1nc(-c2ccccc2Cl)no1. The first-order chi connectivity index (χ1) is 14.0. The number of halogens is 1. The van der Waals surface area contributed by atoms with Crippen LogP contribution in [0.4, 0.5) is 0 Å². The highest BCUT2D eigenvalue weighted by atomic mass is 35.5. The van der Waals surface area contributed by atoms with E-state index in [4.69, 9.17) is 20.9 Å². The summed E-state index contributed by atoms with van der Waals surface area (Å²) >= 11 is 6.15. The van der Waals surface area contributed by atoms with Crippen LogP contribution in [0.2, 0.25) is 5.02 Å². The Balaban J connectivity index is 1.50. The fraction of sp³-hybridized carbons (Fsp3) is 0.143. The lowest BCUT2D eigenvalue weighted by molar-refractivity contribution is 0.0428. The van der Waals surface area contributed by atoms with Gasteiger partial charge in [-0.05, 0) is 38.1 Å². The van der Waals surface area contributed by atoms with Gasteiger partial charge in [0.15, 0.2) is 6.61 Å². The zero-order chi connectivity index (χ0) is 20.4. The minimum absolute atomic E-state index is 0.147. The number of aryl methyl sites for hydroxylation is 1. The molecule has 29 heavy (non-hydrogen) atoms. The molecule has 0 bridgehead atoms. The topological polar surface area (TPSA) is 83.0 Å². The van der Waals surface area contributed by atoms with Crippen molar-refractivity contribution in [1.29, 1.82) is 0 Å². The molecule has 2 heterocycles. The number of nitrogens with zero attached hydrogens (tertiary/aromatic N) is 4. The molecule has 0 amide bonds. The molecule has 4 aromatic rings. The summed E-state index contributed by atoms with van der Waals surface area (Å²) in [6, 6.07) is 16.8. The number of carbonyl (C=O) groups excluding carboxylic acids is 1. The normalized spacial score (nSPS) is 10.9. The minimum Gasteiger partial charge on any atom is -0.452 e. The van der Waals surface area contributed by atoms with E-state index >= 15 is 0 Å². The summed E-state index contributed by atoms with van der Waals surface area (Å²) in [6.45, 7) is 3.45. The molecule has 0 spiro atoms. The lowest BCUT2D eigenvalue weighted by Crippen LogP contribution is -2.08. The Bertz CT molecular complexity index is 1170. The van der Waals surface area contributed by atoms with E-state index in [0.717, 1.165) is 5.69 Å². The number of benzene rings is 2. The van der Waals surface area contributed by atoms with Gasteiger partial charge >= 0.3 is 5.97 Å². The molecule has 7 nitrogen and oxygen atoms in total. The smallest absolute Gasteiger partial charge is 0.342 e. The van der Waals surface area contributed by atoms with Crippen molar-refractivity contribution in [2.75, 3.05) is 0 Å². The molecule has 4 rings (SSSR count). The molecule has 146 valence electrons. The van der Waals surface area contributed by atoms with Crippen molar-refractivity contribution >= 4 is 17.6 Å². The number of esters is 1. The van der Waals surface area contributed by atoms with E-state index in [-0.39, 0.29) is 12.5 Å². The van der Waals surface area contributed by atoms with Crippen LogP contribution >= 0.6 is 11.6 Å². The number of aromatic nitrogens is 4. The van der Waals surface area contributed by atoms with Crippen LogP contribution in [0.3, 0.4) is 0 Å². The summed E-state index contributed by atoms with van der Waals surface area (Å²) in [5.41, 5.74) is 3.21. The van der Waals surface area contributed by atoms with Gasteiger partial charge in [0.05, 0.1) is 22.1 Å². The Labute approximate surface area is 171 Å². The van der Waals surface area contributed by atoms with Crippen LogP contribution in [0.15, 0.2) is 59.1 Å². The van der Waals surface area contributed by atoms with E-state index in [1.807, 2.05) is 49.4 Å². The van der Waals surface area contributed by atoms with Gasteiger partial charge in [-0.15, -0.1) is 0 Å². The second-order valence-corrected chi connectivity index (χ2v) is 6.77. The van der Waals surface area contributed by atoms with E-state index < -0.39 is 5.97 Å². The van der Waals surface area contributed by atoms with Gasteiger partial charge < -0.3 is 9.26 Å². The lowest BCUT2D eigenvalue weighted by Gasteiger charge is -2.05. The molecule has 0 unspecified atom stereocenters. The van der Waals surface area contributed by atoms with Gasteiger partial charge in [-0.3, -0.25) is 0 Å². The highest BCUT2D eigenvalue weighted by Gasteiger charge is 2.22. The van der Waals surface area contributed by atoms with Crippen LogP contribution in [0.1, 0.15) is 27.6 Å². The van der Waals surface area contributed by atoms with Gasteiger partial charge in [0, 0.05) is 5.56 Å². The van der Waals surface area contributed by atoms with Gasteiger partial charge in [-0.2, -0.15) is 10.1 Å². The third kappa shape index (κ3) is 3.77. The van der Waals surface area contributed by atoms with Crippen molar-refractivity contribution in [2.24, 2.45) is 0 Å². The van der Waals surface area contributed by atoms with Crippen LogP contribution in [-0.4, -0.2) is 25.9 Å². The molecule has 0 N–H and O–H groups in total. The molecular formula is C21H17ClN4O3. The minimum atomic E-state index is -0.500. The van der Waals surface area contributed by atoms with E-state index in [9.17, 15) is 4.79 Å². The molecule has 0 aliphatic carbocycles. The average molecular weight is 409 g/mol. The van der Waals surface area contributed by atoms with Gasteiger partial charge in [-0.1, -0.05) is 47.1 Å². The first-order valence-electron chi connectivity index (χ1n) is 8.91. The Morgan fingerprint density at radius 3 is 2.59 bits per heavy atom. The lowest BCUT2D eigenvalue weighted by atomic mass is 10.2. The summed E-state index contributed by atoms with van der Waals surface area (Å²) in [6.07, 6.45) is 0. The molecular weight excluding hydrogens is 392 g/mol. The molecule has 2 aromatic carbocycles. The molecule has 0 aliphatic heterocycles. The van der Waals surface area contributed by atoms with Crippen LogP contribution in [0.25, 0.3) is 17.1 Å². The van der Waals surface area contributed by atoms with Crippen molar-refractivity contribution in [1.82, 2.24) is 19.9 Å². The molecule has 2 aromatic heterocycles. The highest BCUT2D eigenvalue weighted by molar-refractivity contribution is 6.33. The van der Waals surface area contributed by atoms with Crippen molar-refractivity contribution in [3.8, 4) is 17.1 Å². The summed E-state index contributed by atoms with van der Waals surface area (Å²) in [5.74, 6) is 0.0182. The Morgan fingerprint density at radius 1 is 1.10 bits per heavy atom. The van der Waals surface area contributed by atoms with Crippen molar-refractivity contribution in [2.45, 2.75) is 20.5 Å². The third-order valence-corrected chi connectivity index (χ3v) is 4.74. The number of hydrogen-bond acceptors (Lipinski definition) is 6.